The van der Waals surface area contributed by atoms with E-state index in [1.54, 1.807) is 18.3 Å². The maximum absolute atomic E-state index is 13.8. The van der Waals surface area contributed by atoms with E-state index in [-0.39, 0.29) is 22.5 Å². The van der Waals surface area contributed by atoms with Crippen molar-refractivity contribution in [1.82, 2.24) is 9.88 Å². The SMILES string of the molecule is O=C1c2cccnc2CN1Cc1ccc(Br)c(F)c1F. The number of halogens is 3. The fourth-order valence-electron chi connectivity index (χ4n) is 2.20. The largest absolute Gasteiger partial charge is 0.328 e. The second-order valence-electron chi connectivity index (χ2n) is 4.49. The lowest BCUT2D eigenvalue weighted by Crippen LogP contribution is -2.24. The average Bonchev–Trinajstić information content (AvgIpc) is 2.77. The smallest absolute Gasteiger partial charge is 0.256 e. The summed E-state index contributed by atoms with van der Waals surface area (Å²) in [6.45, 7) is 0.331. The number of fused-ring (bicyclic) bond motifs is 1. The zero-order valence-electron chi connectivity index (χ0n) is 10.2. The molecule has 0 atom stereocenters. The van der Waals surface area contributed by atoms with E-state index in [1.165, 1.54) is 17.0 Å². The summed E-state index contributed by atoms with van der Waals surface area (Å²) in [6, 6.07) is 6.26. The predicted octanol–water partition coefficient (Wildman–Crippen LogP) is 3.28. The van der Waals surface area contributed by atoms with E-state index in [0.717, 1.165) is 0 Å². The van der Waals surface area contributed by atoms with Gasteiger partial charge in [-0.2, -0.15) is 0 Å². The Bertz CT molecular complexity index is 706. The van der Waals surface area contributed by atoms with Crippen molar-refractivity contribution < 1.29 is 13.6 Å². The zero-order chi connectivity index (χ0) is 14.3. The summed E-state index contributed by atoms with van der Waals surface area (Å²) < 4.78 is 27.4. The van der Waals surface area contributed by atoms with Crippen LogP contribution in [0.3, 0.4) is 0 Å². The topological polar surface area (TPSA) is 33.2 Å². The minimum Gasteiger partial charge on any atom is -0.328 e. The molecule has 0 bridgehead atoms. The number of carbonyl (C=O) groups is 1. The number of pyridine rings is 1. The molecule has 0 aliphatic carbocycles. The summed E-state index contributed by atoms with van der Waals surface area (Å²) in [5.41, 5.74) is 1.33. The second kappa shape index (κ2) is 4.94. The molecule has 1 aromatic heterocycles. The van der Waals surface area contributed by atoms with Gasteiger partial charge in [0.15, 0.2) is 11.6 Å². The molecule has 1 aliphatic heterocycles. The normalized spacial score (nSPS) is 13.8. The highest BCUT2D eigenvalue weighted by Crippen LogP contribution is 2.26. The van der Waals surface area contributed by atoms with Gasteiger partial charge in [0, 0.05) is 18.3 Å². The molecule has 0 radical (unpaired) electrons. The van der Waals surface area contributed by atoms with Gasteiger partial charge < -0.3 is 4.90 Å². The van der Waals surface area contributed by atoms with Gasteiger partial charge in [0.05, 0.1) is 22.3 Å². The predicted molar refractivity (Wildman–Crippen MR) is 71.9 cm³/mol. The van der Waals surface area contributed by atoms with E-state index in [1.807, 2.05) is 0 Å². The van der Waals surface area contributed by atoms with Gasteiger partial charge in [0.1, 0.15) is 0 Å². The monoisotopic (exact) mass is 338 g/mol. The lowest BCUT2D eigenvalue weighted by molar-refractivity contribution is 0.0764. The Balaban J connectivity index is 1.88. The fourth-order valence-corrected chi connectivity index (χ4v) is 2.51. The van der Waals surface area contributed by atoms with Crippen LogP contribution in [0, 0.1) is 11.6 Å². The van der Waals surface area contributed by atoms with Gasteiger partial charge in [0.2, 0.25) is 0 Å². The molecule has 1 aromatic carbocycles. The number of carbonyl (C=O) groups excluding carboxylic acids is 1. The van der Waals surface area contributed by atoms with Crippen molar-refractivity contribution in [2.45, 2.75) is 13.1 Å². The minimum atomic E-state index is -0.940. The first-order valence-electron chi connectivity index (χ1n) is 5.93. The van der Waals surface area contributed by atoms with Gasteiger partial charge >= 0.3 is 0 Å². The van der Waals surface area contributed by atoms with Crippen molar-refractivity contribution in [1.29, 1.82) is 0 Å². The van der Waals surface area contributed by atoms with Gasteiger partial charge in [-0.05, 0) is 34.1 Å². The van der Waals surface area contributed by atoms with Crippen molar-refractivity contribution in [3.8, 4) is 0 Å². The standard InChI is InChI=1S/C14H9BrF2N2O/c15-10-4-3-8(12(16)13(10)17)6-19-7-11-9(14(19)20)2-1-5-18-11/h1-5H,6-7H2. The Morgan fingerprint density at radius 2 is 2.05 bits per heavy atom. The molecule has 3 rings (SSSR count). The van der Waals surface area contributed by atoms with E-state index < -0.39 is 11.6 Å². The average molecular weight is 339 g/mol. The first-order chi connectivity index (χ1) is 9.58. The quantitative estimate of drug-likeness (QED) is 0.787. The van der Waals surface area contributed by atoms with E-state index in [0.29, 0.717) is 17.8 Å². The number of amides is 1. The third kappa shape index (κ3) is 2.10. The van der Waals surface area contributed by atoms with E-state index in [9.17, 15) is 13.6 Å². The van der Waals surface area contributed by atoms with E-state index >= 15 is 0 Å². The highest BCUT2D eigenvalue weighted by molar-refractivity contribution is 9.10. The third-order valence-corrected chi connectivity index (χ3v) is 3.84. The number of hydrogen-bond donors (Lipinski definition) is 0. The third-order valence-electron chi connectivity index (χ3n) is 3.22. The molecule has 0 N–H and O–H groups in total. The molecular weight excluding hydrogens is 330 g/mol. The van der Waals surface area contributed by atoms with Crippen molar-refractivity contribution in [2.24, 2.45) is 0 Å². The molecule has 0 unspecified atom stereocenters. The van der Waals surface area contributed by atoms with Crippen LogP contribution in [-0.2, 0) is 13.1 Å². The molecule has 0 spiro atoms. The number of aromatic nitrogens is 1. The molecule has 1 amide bonds. The molecule has 0 saturated heterocycles. The Hall–Kier alpha value is -1.82. The Morgan fingerprint density at radius 3 is 2.80 bits per heavy atom. The first-order valence-corrected chi connectivity index (χ1v) is 6.73. The Labute approximate surface area is 122 Å². The van der Waals surface area contributed by atoms with Crippen LogP contribution in [0.25, 0.3) is 0 Å². The molecule has 0 fully saturated rings. The number of nitrogens with zero attached hydrogens (tertiary/aromatic N) is 2. The second-order valence-corrected chi connectivity index (χ2v) is 5.35. The molecule has 3 nitrogen and oxygen atoms in total. The Morgan fingerprint density at radius 1 is 1.25 bits per heavy atom. The van der Waals surface area contributed by atoms with Gasteiger partial charge in [-0.15, -0.1) is 0 Å². The number of hydrogen-bond acceptors (Lipinski definition) is 2. The molecule has 1 aliphatic rings. The highest BCUT2D eigenvalue weighted by atomic mass is 79.9. The molecule has 2 heterocycles. The summed E-state index contributed by atoms with van der Waals surface area (Å²) >= 11 is 2.92. The molecule has 20 heavy (non-hydrogen) atoms. The van der Waals surface area contributed by atoms with Gasteiger partial charge in [-0.3, -0.25) is 9.78 Å². The van der Waals surface area contributed by atoms with Gasteiger partial charge in [-0.1, -0.05) is 6.07 Å². The van der Waals surface area contributed by atoms with Crippen molar-refractivity contribution >= 4 is 21.8 Å². The van der Waals surface area contributed by atoms with Gasteiger partial charge in [-0.25, -0.2) is 8.78 Å². The summed E-state index contributed by atoms with van der Waals surface area (Å²) in [4.78, 5) is 17.7. The molecule has 0 saturated carbocycles. The van der Waals surface area contributed by atoms with Gasteiger partial charge in [0.25, 0.3) is 5.91 Å². The molecule has 6 heteroatoms. The van der Waals surface area contributed by atoms with Crippen LogP contribution in [0.5, 0.6) is 0 Å². The van der Waals surface area contributed by atoms with Crippen molar-refractivity contribution in [3.63, 3.8) is 0 Å². The Kier molecular flexibility index (Phi) is 3.25. The van der Waals surface area contributed by atoms with Crippen LogP contribution in [0.2, 0.25) is 0 Å². The minimum absolute atomic E-state index is 0.0191. The van der Waals surface area contributed by atoms with Crippen molar-refractivity contribution in [2.75, 3.05) is 0 Å². The lowest BCUT2D eigenvalue weighted by atomic mass is 10.2. The fraction of sp³-hybridized carbons (Fsp3) is 0.143. The number of benzene rings is 1. The van der Waals surface area contributed by atoms with Crippen LogP contribution in [0.1, 0.15) is 21.6 Å². The summed E-state index contributed by atoms with van der Waals surface area (Å²) in [5.74, 6) is -2.09. The zero-order valence-corrected chi connectivity index (χ0v) is 11.8. The molecule has 102 valence electrons. The lowest BCUT2D eigenvalue weighted by Gasteiger charge is -2.16. The number of rotatable bonds is 2. The summed E-state index contributed by atoms with van der Waals surface area (Å²) in [5, 5.41) is 0. The molecular formula is C14H9BrF2N2O. The summed E-state index contributed by atoms with van der Waals surface area (Å²) in [6.07, 6.45) is 1.61. The van der Waals surface area contributed by atoms with E-state index in [2.05, 4.69) is 20.9 Å². The molecule has 2 aromatic rings. The van der Waals surface area contributed by atoms with Crippen LogP contribution in [0.15, 0.2) is 34.9 Å². The highest BCUT2D eigenvalue weighted by Gasteiger charge is 2.29. The summed E-state index contributed by atoms with van der Waals surface area (Å²) in [7, 11) is 0. The van der Waals surface area contributed by atoms with Crippen molar-refractivity contribution in [3.05, 3.63) is 63.4 Å². The van der Waals surface area contributed by atoms with Crippen LogP contribution >= 0.6 is 15.9 Å². The van der Waals surface area contributed by atoms with Crippen LogP contribution < -0.4 is 0 Å². The van der Waals surface area contributed by atoms with Crippen LogP contribution in [0.4, 0.5) is 8.78 Å². The van der Waals surface area contributed by atoms with E-state index in [4.69, 9.17) is 0 Å². The first kappa shape index (κ1) is 13.2. The maximum atomic E-state index is 13.8. The van der Waals surface area contributed by atoms with Crippen LogP contribution in [-0.4, -0.2) is 15.8 Å². The maximum Gasteiger partial charge on any atom is 0.256 e.